The van der Waals surface area contributed by atoms with E-state index in [1.54, 1.807) is 0 Å². The van der Waals surface area contributed by atoms with E-state index in [4.69, 9.17) is 21.2 Å². The molecule has 6 N–H and O–H groups in total. The van der Waals surface area contributed by atoms with Crippen molar-refractivity contribution in [2.45, 2.75) is 12.1 Å². The molecule has 0 aromatic carbocycles. The van der Waals surface area contributed by atoms with Gasteiger partial charge in [0.05, 0.1) is 0 Å². The number of aliphatic hydroxyl groups is 1. The molecule has 0 bridgehead atoms. The van der Waals surface area contributed by atoms with E-state index >= 15 is 0 Å². The van der Waals surface area contributed by atoms with Crippen LogP contribution < -0.4 is 11.2 Å². The monoisotopic (exact) mass is 164 g/mol. The highest BCUT2D eigenvalue weighted by atomic mass is 16.5. The first kappa shape index (κ1) is 9.82. The Balaban J connectivity index is 4.12. The molecule has 0 fully saturated rings. The lowest BCUT2D eigenvalue weighted by Crippen LogP contribution is -2.50. The molecule has 64 valence electrons. The van der Waals surface area contributed by atoms with Crippen molar-refractivity contribution in [1.29, 1.82) is 0 Å². The van der Waals surface area contributed by atoms with Crippen LogP contribution in [0.15, 0.2) is 0 Å². The Morgan fingerprint density at radius 3 is 2.18 bits per heavy atom. The summed E-state index contributed by atoms with van der Waals surface area (Å²) >= 11 is 0. The lowest BCUT2D eigenvalue weighted by atomic mass is 10.2. The third kappa shape index (κ3) is 2.50. The summed E-state index contributed by atoms with van der Waals surface area (Å²) in [6.45, 7) is 0. The molecule has 0 aliphatic heterocycles. The SMILES string of the molecule is N[C@@H](C(=O)NO)[C@@H](O)C(=O)O. The van der Waals surface area contributed by atoms with Gasteiger partial charge in [-0.15, -0.1) is 0 Å². The van der Waals surface area contributed by atoms with Gasteiger partial charge in [-0.2, -0.15) is 0 Å². The molecular formula is C4H8N2O5. The molecule has 0 radical (unpaired) electrons. The molecule has 0 aromatic heterocycles. The van der Waals surface area contributed by atoms with E-state index in [-0.39, 0.29) is 0 Å². The first-order valence-corrected chi connectivity index (χ1v) is 2.61. The summed E-state index contributed by atoms with van der Waals surface area (Å²) in [5.74, 6) is -2.78. The molecule has 0 heterocycles. The van der Waals surface area contributed by atoms with Crippen molar-refractivity contribution in [3.63, 3.8) is 0 Å². The van der Waals surface area contributed by atoms with Crippen molar-refractivity contribution >= 4 is 11.9 Å². The van der Waals surface area contributed by atoms with Crippen LogP contribution in [0.2, 0.25) is 0 Å². The summed E-state index contributed by atoms with van der Waals surface area (Å²) in [4.78, 5) is 20.3. The number of aliphatic hydroxyl groups excluding tert-OH is 1. The number of hydroxylamine groups is 1. The maximum atomic E-state index is 10.3. The number of aliphatic carboxylic acids is 1. The zero-order valence-electron chi connectivity index (χ0n) is 5.39. The summed E-state index contributed by atoms with van der Waals surface area (Å²) in [7, 11) is 0. The molecule has 0 unspecified atom stereocenters. The van der Waals surface area contributed by atoms with Crippen LogP contribution >= 0.6 is 0 Å². The highest BCUT2D eigenvalue weighted by molar-refractivity contribution is 5.87. The van der Waals surface area contributed by atoms with Gasteiger partial charge in [-0.25, -0.2) is 10.3 Å². The van der Waals surface area contributed by atoms with Gasteiger partial charge >= 0.3 is 5.97 Å². The van der Waals surface area contributed by atoms with Crippen molar-refractivity contribution < 1.29 is 25.0 Å². The molecule has 0 rings (SSSR count). The topological polar surface area (TPSA) is 133 Å². The number of hydrogen-bond donors (Lipinski definition) is 5. The fraction of sp³-hybridized carbons (Fsp3) is 0.500. The molecule has 7 heteroatoms. The van der Waals surface area contributed by atoms with E-state index < -0.39 is 24.0 Å². The largest absolute Gasteiger partial charge is 0.479 e. The fourth-order valence-electron chi connectivity index (χ4n) is 0.372. The quantitative estimate of drug-likeness (QED) is 0.227. The van der Waals surface area contributed by atoms with Crippen LogP contribution in [0.3, 0.4) is 0 Å². The maximum absolute atomic E-state index is 10.3. The summed E-state index contributed by atoms with van der Waals surface area (Å²) in [5, 5.41) is 24.7. The minimum atomic E-state index is -2.01. The third-order valence-electron chi connectivity index (χ3n) is 1.01. The number of carboxylic acid groups (broad SMARTS) is 1. The van der Waals surface area contributed by atoms with Gasteiger partial charge in [-0.05, 0) is 0 Å². The number of rotatable bonds is 3. The lowest BCUT2D eigenvalue weighted by Gasteiger charge is -2.11. The predicted molar refractivity (Wildman–Crippen MR) is 31.5 cm³/mol. The summed E-state index contributed by atoms with van der Waals surface area (Å²) in [6.07, 6.45) is -2.01. The maximum Gasteiger partial charge on any atom is 0.334 e. The number of carboxylic acids is 1. The summed E-state index contributed by atoms with van der Waals surface area (Å²) in [6, 6.07) is -1.67. The van der Waals surface area contributed by atoms with Crippen molar-refractivity contribution in [2.24, 2.45) is 5.73 Å². The van der Waals surface area contributed by atoms with Gasteiger partial charge in [0.1, 0.15) is 6.04 Å². The van der Waals surface area contributed by atoms with Crippen LogP contribution in [0.25, 0.3) is 0 Å². The third-order valence-corrected chi connectivity index (χ3v) is 1.01. The molecule has 0 saturated heterocycles. The number of nitrogens with one attached hydrogen (secondary N) is 1. The van der Waals surface area contributed by atoms with Gasteiger partial charge in [0.15, 0.2) is 6.10 Å². The molecule has 0 aliphatic carbocycles. The van der Waals surface area contributed by atoms with E-state index in [1.807, 2.05) is 0 Å². The number of hydrogen-bond acceptors (Lipinski definition) is 5. The van der Waals surface area contributed by atoms with Crippen LogP contribution in [0, 0.1) is 0 Å². The van der Waals surface area contributed by atoms with Gasteiger partial charge in [0.2, 0.25) is 0 Å². The van der Waals surface area contributed by atoms with Gasteiger partial charge < -0.3 is 15.9 Å². The van der Waals surface area contributed by atoms with Crippen molar-refractivity contribution in [1.82, 2.24) is 5.48 Å². The average Bonchev–Trinajstić information content (AvgIpc) is 2.00. The molecule has 0 spiro atoms. The van der Waals surface area contributed by atoms with Crippen molar-refractivity contribution in [3.8, 4) is 0 Å². The molecule has 2 atom stereocenters. The Hall–Kier alpha value is -1.18. The Morgan fingerprint density at radius 2 is 1.91 bits per heavy atom. The number of carbonyl (C=O) groups is 2. The van der Waals surface area contributed by atoms with E-state index in [0.29, 0.717) is 0 Å². The smallest absolute Gasteiger partial charge is 0.334 e. The van der Waals surface area contributed by atoms with Gasteiger partial charge in [0, 0.05) is 0 Å². The van der Waals surface area contributed by atoms with Gasteiger partial charge in [-0.3, -0.25) is 10.0 Å². The van der Waals surface area contributed by atoms with E-state index in [0.717, 1.165) is 5.48 Å². The highest BCUT2D eigenvalue weighted by Gasteiger charge is 2.27. The Labute approximate surface area is 61.4 Å². The minimum absolute atomic E-state index is 1.11. The normalized spacial score (nSPS) is 15.2. The molecular weight excluding hydrogens is 156 g/mol. The Kier molecular flexibility index (Phi) is 3.45. The number of amides is 1. The Morgan fingerprint density at radius 1 is 1.45 bits per heavy atom. The van der Waals surface area contributed by atoms with Gasteiger partial charge in [-0.1, -0.05) is 0 Å². The van der Waals surface area contributed by atoms with Crippen LogP contribution in [0.4, 0.5) is 0 Å². The van der Waals surface area contributed by atoms with Crippen LogP contribution in [0.1, 0.15) is 0 Å². The lowest BCUT2D eigenvalue weighted by molar-refractivity contribution is -0.151. The fourth-order valence-corrected chi connectivity index (χ4v) is 0.372. The number of nitrogens with two attached hydrogens (primary N) is 1. The second kappa shape index (κ2) is 3.86. The zero-order chi connectivity index (χ0) is 9.02. The molecule has 0 saturated carbocycles. The highest BCUT2D eigenvalue weighted by Crippen LogP contribution is 1.89. The van der Waals surface area contributed by atoms with Crippen LogP contribution in [-0.2, 0) is 9.59 Å². The summed E-state index contributed by atoms with van der Waals surface area (Å²) < 4.78 is 0. The molecule has 0 aliphatic rings. The van der Waals surface area contributed by atoms with Crippen LogP contribution in [-0.4, -0.2) is 39.4 Å². The Bertz CT molecular complexity index is 170. The molecule has 0 aromatic rings. The zero-order valence-corrected chi connectivity index (χ0v) is 5.39. The van der Waals surface area contributed by atoms with Gasteiger partial charge in [0.25, 0.3) is 5.91 Å². The van der Waals surface area contributed by atoms with Crippen molar-refractivity contribution in [2.75, 3.05) is 0 Å². The molecule has 7 nitrogen and oxygen atoms in total. The first-order valence-electron chi connectivity index (χ1n) is 2.61. The second-order valence-corrected chi connectivity index (χ2v) is 1.78. The predicted octanol–water partition coefficient (Wildman–Crippen LogP) is -2.74. The second-order valence-electron chi connectivity index (χ2n) is 1.78. The first-order chi connectivity index (χ1) is 5.00. The summed E-state index contributed by atoms with van der Waals surface area (Å²) in [5.41, 5.74) is 5.98. The van der Waals surface area contributed by atoms with Crippen molar-refractivity contribution in [3.05, 3.63) is 0 Å². The minimum Gasteiger partial charge on any atom is -0.479 e. The van der Waals surface area contributed by atoms with E-state index in [2.05, 4.69) is 0 Å². The molecule has 1 amide bonds. The van der Waals surface area contributed by atoms with Crippen LogP contribution in [0.5, 0.6) is 0 Å². The van der Waals surface area contributed by atoms with E-state index in [1.165, 1.54) is 0 Å². The molecule has 11 heavy (non-hydrogen) atoms. The average molecular weight is 164 g/mol. The van der Waals surface area contributed by atoms with E-state index in [9.17, 15) is 9.59 Å². The number of carbonyl (C=O) groups excluding carboxylic acids is 1. The standard InChI is InChI=1S/C4H8N2O5/c5-1(3(8)6-11)2(7)4(9)10/h1-2,7,11H,5H2,(H,6,8)(H,9,10)/t1-,2-/m1/s1.